The number of nitrogens with zero attached hydrogens (tertiary/aromatic N) is 1. The Bertz CT molecular complexity index is 741. The first-order valence-corrected chi connectivity index (χ1v) is 9.89. The normalized spacial score (nSPS) is 22.5. The van der Waals surface area contributed by atoms with Crippen LogP contribution in [-0.2, 0) is 4.79 Å². The number of ether oxygens (including phenoxy) is 1. The fourth-order valence-corrected chi connectivity index (χ4v) is 4.61. The third-order valence-corrected chi connectivity index (χ3v) is 5.89. The average molecular weight is 349 g/mol. The first-order chi connectivity index (χ1) is 12.8. The number of hydrogen-bond acceptors (Lipinski definition) is 2. The van der Waals surface area contributed by atoms with Gasteiger partial charge in [-0.25, -0.2) is 0 Å². The molecule has 2 aromatic rings. The van der Waals surface area contributed by atoms with Crippen LogP contribution < -0.4 is 4.74 Å². The van der Waals surface area contributed by atoms with E-state index in [1.165, 1.54) is 25.7 Å². The van der Waals surface area contributed by atoms with Crippen LogP contribution in [0.1, 0.15) is 38.5 Å². The Morgan fingerprint density at radius 2 is 1.65 bits per heavy atom. The predicted molar refractivity (Wildman–Crippen MR) is 104 cm³/mol. The van der Waals surface area contributed by atoms with E-state index in [9.17, 15) is 4.79 Å². The molecule has 0 aromatic heterocycles. The number of fused-ring (bicyclic) bond motifs is 1. The third kappa shape index (κ3) is 3.62. The molecule has 1 heterocycles. The first kappa shape index (κ1) is 17.1. The van der Waals surface area contributed by atoms with Crippen LogP contribution in [0.25, 0.3) is 11.1 Å². The van der Waals surface area contributed by atoms with E-state index in [1.54, 1.807) is 0 Å². The summed E-state index contributed by atoms with van der Waals surface area (Å²) >= 11 is 0. The van der Waals surface area contributed by atoms with Crippen molar-refractivity contribution < 1.29 is 9.53 Å². The number of para-hydroxylation sites is 1. The van der Waals surface area contributed by atoms with E-state index in [1.807, 2.05) is 42.5 Å². The van der Waals surface area contributed by atoms with Crippen LogP contribution in [0.5, 0.6) is 5.75 Å². The highest BCUT2D eigenvalue weighted by atomic mass is 16.5. The molecule has 1 aliphatic carbocycles. The molecular formula is C23H27NO2. The standard InChI is InChI=1S/C23H27NO2/c25-23(24-16-8-12-19-11-4-6-14-21(19)24)17-26-22-15-7-5-13-20(22)18-9-2-1-3-10-18/h1-3,5,7,9-10,13,15,19,21H,4,6,8,11-12,14,16-17H2/t19-,21-/m0/s1. The number of carbonyl (C=O) groups is 1. The monoisotopic (exact) mass is 349 g/mol. The molecule has 3 nitrogen and oxygen atoms in total. The summed E-state index contributed by atoms with van der Waals surface area (Å²) in [5.74, 6) is 1.63. The largest absolute Gasteiger partial charge is 0.483 e. The molecule has 2 atom stereocenters. The number of benzene rings is 2. The van der Waals surface area contributed by atoms with Gasteiger partial charge in [-0.05, 0) is 43.2 Å². The van der Waals surface area contributed by atoms with Gasteiger partial charge in [0.25, 0.3) is 5.91 Å². The van der Waals surface area contributed by atoms with Gasteiger partial charge in [0, 0.05) is 18.2 Å². The van der Waals surface area contributed by atoms with E-state index in [0.29, 0.717) is 12.0 Å². The van der Waals surface area contributed by atoms with Gasteiger partial charge in [0.05, 0.1) is 0 Å². The van der Waals surface area contributed by atoms with Crippen LogP contribution >= 0.6 is 0 Å². The lowest BCUT2D eigenvalue weighted by Crippen LogP contribution is -2.51. The molecular weight excluding hydrogens is 322 g/mol. The molecule has 136 valence electrons. The van der Waals surface area contributed by atoms with Crippen LogP contribution in [-0.4, -0.2) is 30.0 Å². The van der Waals surface area contributed by atoms with E-state index in [0.717, 1.165) is 36.3 Å². The molecule has 1 saturated carbocycles. The van der Waals surface area contributed by atoms with Crippen LogP contribution in [0.4, 0.5) is 0 Å². The lowest BCUT2D eigenvalue weighted by atomic mass is 9.78. The highest BCUT2D eigenvalue weighted by Crippen LogP contribution is 2.35. The summed E-state index contributed by atoms with van der Waals surface area (Å²) in [7, 11) is 0. The molecule has 0 N–H and O–H groups in total. The molecule has 2 aromatic carbocycles. The maximum atomic E-state index is 12.9. The molecule has 3 heteroatoms. The molecule has 26 heavy (non-hydrogen) atoms. The van der Waals surface area contributed by atoms with Crippen molar-refractivity contribution in [2.24, 2.45) is 5.92 Å². The Labute approximate surface area is 156 Å². The van der Waals surface area contributed by atoms with Gasteiger partial charge in [-0.1, -0.05) is 61.4 Å². The van der Waals surface area contributed by atoms with E-state index >= 15 is 0 Å². The topological polar surface area (TPSA) is 29.5 Å². The summed E-state index contributed by atoms with van der Waals surface area (Å²) in [6, 6.07) is 18.6. The maximum Gasteiger partial charge on any atom is 0.260 e. The molecule has 0 unspecified atom stereocenters. The van der Waals surface area contributed by atoms with E-state index in [-0.39, 0.29) is 12.5 Å². The zero-order valence-corrected chi connectivity index (χ0v) is 15.3. The molecule has 4 rings (SSSR count). The summed E-state index contributed by atoms with van der Waals surface area (Å²) in [5.41, 5.74) is 2.15. The number of piperidine rings is 1. The second-order valence-corrected chi connectivity index (χ2v) is 7.49. The zero-order chi connectivity index (χ0) is 17.8. The molecule has 0 spiro atoms. The summed E-state index contributed by atoms with van der Waals surface area (Å²) in [6.07, 6.45) is 7.44. The van der Waals surface area contributed by atoms with Gasteiger partial charge in [-0.15, -0.1) is 0 Å². The Hall–Kier alpha value is -2.29. The van der Waals surface area contributed by atoms with Crippen molar-refractivity contribution in [3.63, 3.8) is 0 Å². The van der Waals surface area contributed by atoms with Crippen LogP contribution in [0.15, 0.2) is 54.6 Å². The molecule has 1 amide bonds. The minimum absolute atomic E-state index is 0.132. The first-order valence-electron chi connectivity index (χ1n) is 9.89. The average Bonchev–Trinajstić information content (AvgIpc) is 2.72. The van der Waals surface area contributed by atoms with Crippen molar-refractivity contribution in [2.75, 3.05) is 13.2 Å². The van der Waals surface area contributed by atoms with Gasteiger partial charge in [0.2, 0.25) is 0 Å². The molecule has 1 saturated heterocycles. The Balaban J connectivity index is 1.45. The number of rotatable bonds is 4. The maximum absolute atomic E-state index is 12.9. The van der Waals surface area contributed by atoms with Gasteiger partial charge < -0.3 is 9.64 Å². The van der Waals surface area contributed by atoms with Crippen molar-refractivity contribution in [1.29, 1.82) is 0 Å². The number of likely N-dealkylation sites (tertiary alicyclic amines) is 1. The quantitative estimate of drug-likeness (QED) is 0.784. The second-order valence-electron chi connectivity index (χ2n) is 7.49. The number of carbonyl (C=O) groups excluding carboxylic acids is 1. The van der Waals surface area contributed by atoms with Crippen LogP contribution in [0.2, 0.25) is 0 Å². The smallest absolute Gasteiger partial charge is 0.260 e. The zero-order valence-electron chi connectivity index (χ0n) is 15.3. The van der Waals surface area contributed by atoms with E-state index < -0.39 is 0 Å². The summed E-state index contributed by atoms with van der Waals surface area (Å²) < 4.78 is 6.00. The van der Waals surface area contributed by atoms with Crippen molar-refractivity contribution in [3.8, 4) is 16.9 Å². The van der Waals surface area contributed by atoms with Gasteiger partial charge in [0.15, 0.2) is 6.61 Å². The van der Waals surface area contributed by atoms with Gasteiger partial charge in [-0.2, -0.15) is 0 Å². The number of amides is 1. The fraction of sp³-hybridized carbons (Fsp3) is 0.435. The Morgan fingerprint density at radius 1 is 0.923 bits per heavy atom. The molecule has 0 bridgehead atoms. The molecule has 2 aliphatic rings. The van der Waals surface area contributed by atoms with Crippen molar-refractivity contribution in [3.05, 3.63) is 54.6 Å². The highest BCUT2D eigenvalue weighted by molar-refractivity contribution is 5.79. The summed E-state index contributed by atoms with van der Waals surface area (Å²) in [6.45, 7) is 1.02. The van der Waals surface area contributed by atoms with Crippen LogP contribution in [0.3, 0.4) is 0 Å². The summed E-state index contributed by atoms with van der Waals surface area (Å²) in [4.78, 5) is 15.0. The second kappa shape index (κ2) is 7.94. The molecule has 2 fully saturated rings. The Kier molecular flexibility index (Phi) is 5.24. The third-order valence-electron chi connectivity index (χ3n) is 5.89. The molecule has 0 radical (unpaired) electrons. The number of hydrogen-bond donors (Lipinski definition) is 0. The SMILES string of the molecule is O=C(COc1ccccc1-c1ccccc1)N1CCC[C@@H]2CCCC[C@@H]21. The van der Waals surface area contributed by atoms with Crippen molar-refractivity contribution in [2.45, 2.75) is 44.6 Å². The van der Waals surface area contributed by atoms with Crippen molar-refractivity contribution >= 4 is 5.91 Å². The fourth-order valence-electron chi connectivity index (χ4n) is 4.61. The lowest BCUT2D eigenvalue weighted by Gasteiger charge is -2.44. The minimum atomic E-state index is 0.132. The lowest BCUT2D eigenvalue weighted by molar-refractivity contribution is -0.139. The summed E-state index contributed by atoms with van der Waals surface area (Å²) in [5, 5.41) is 0. The Morgan fingerprint density at radius 3 is 2.54 bits per heavy atom. The van der Waals surface area contributed by atoms with E-state index in [4.69, 9.17) is 4.74 Å². The van der Waals surface area contributed by atoms with E-state index in [2.05, 4.69) is 17.0 Å². The predicted octanol–water partition coefficient (Wildman–Crippen LogP) is 4.91. The van der Waals surface area contributed by atoms with Gasteiger partial charge in [0.1, 0.15) is 5.75 Å². The van der Waals surface area contributed by atoms with Crippen LogP contribution in [0, 0.1) is 5.92 Å². The van der Waals surface area contributed by atoms with Gasteiger partial charge in [-0.3, -0.25) is 4.79 Å². The minimum Gasteiger partial charge on any atom is -0.483 e. The molecule has 1 aliphatic heterocycles. The van der Waals surface area contributed by atoms with Gasteiger partial charge >= 0.3 is 0 Å². The highest BCUT2D eigenvalue weighted by Gasteiger charge is 2.35. The van der Waals surface area contributed by atoms with Crippen molar-refractivity contribution in [1.82, 2.24) is 4.90 Å².